The Kier molecular flexibility index (Phi) is 4.07. The highest BCUT2D eigenvalue weighted by Gasteiger charge is 2.33. The highest BCUT2D eigenvalue weighted by molar-refractivity contribution is 6.76. The molecule has 0 aromatic carbocycles. The number of amides is 1. The van der Waals surface area contributed by atoms with Crippen LogP contribution in [0.15, 0.2) is 12.2 Å². The van der Waals surface area contributed by atoms with E-state index in [9.17, 15) is 4.79 Å². The standard InChI is InChI=1S/C8H10Cl3NO2/c1-5-4-14-3-2-6(5)12-7(13)8(9,10)11/h6H,1-4H2,(H,12,13). The number of carbonyl (C=O) groups is 1. The molecule has 0 saturated carbocycles. The third kappa shape index (κ3) is 3.31. The Morgan fingerprint density at radius 3 is 2.71 bits per heavy atom. The zero-order chi connectivity index (χ0) is 10.8. The molecule has 0 aliphatic carbocycles. The molecule has 1 saturated heterocycles. The van der Waals surface area contributed by atoms with Crippen molar-refractivity contribution in [3.05, 3.63) is 12.2 Å². The highest BCUT2D eigenvalue weighted by atomic mass is 35.6. The molecule has 1 atom stereocenters. The van der Waals surface area contributed by atoms with Crippen LogP contribution in [0.25, 0.3) is 0 Å². The molecule has 1 rings (SSSR count). The van der Waals surface area contributed by atoms with Gasteiger partial charge in [0.05, 0.1) is 12.6 Å². The van der Waals surface area contributed by atoms with Gasteiger partial charge in [-0.1, -0.05) is 41.4 Å². The molecule has 3 nitrogen and oxygen atoms in total. The number of alkyl halides is 3. The minimum absolute atomic E-state index is 0.160. The fourth-order valence-electron chi connectivity index (χ4n) is 1.12. The van der Waals surface area contributed by atoms with E-state index in [2.05, 4.69) is 11.9 Å². The lowest BCUT2D eigenvalue weighted by Gasteiger charge is -2.26. The van der Waals surface area contributed by atoms with E-state index in [0.717, 1.165) is 5.57 Å². The molecule has 1 N–H and O–H groups in total. The van der Waals surface area contributed by atoms with E-state index in [-0.39, 0.29) is 6.04 Å². The molecule has 0 bridgehead atoms. The first-order valence-electron chi connectivity index (χ1n) is 4.04. The minimum atomic E-state index is -1.92. The second kappa shape index (κ2) is 4.71. The van der Waals surface area contributed by atoms with E-state index < -0.39 is 9.70 Å². The van der Waals surface area contributed by atoms with Crippen LogP contribution in [0, 0.1) is 0 Å². The van der Waals surface area contributed by atoms with Crippen LogP contribution < -0.4 is 5.32 Å². The summed E-state index contributed by atoms with van der Waals surface area (Å²) in [6, 6.07) is -0.160. The highest BCUT2D eigenvalue weighted by Crippen LogP contribution is 2.26. The summed E-state index contributed by atoms with van der Waals surface area (Å²) in [6.07, 6.45) is 0.658. The third-order valence-corrected chi connectivity index (χ3v) is 2.41. The largest absolute Gasteiger partial charge is 0.377 e. The van der Waals surface area contributed by atoms with Gasteiger partial charge in [-0.15, -0.1) is 0 Å². The number of ether oxygens (including phenoxy) is 1. The van der Waals surface area contributed by atoms with Crippen LogP contribution in [0.3, 0.4) is 0 Å². The molecule has 0 radical (unpaired) electrons. The first-order chi connectivity index (χ1) is 6.41. The lowest BCUT2D eigenvalue weighted by molar-refractivity contribution is -0.121. The van der Waals surface area contributed by atoms with Gasteiger partial charge in [0.25, 0.3) is 9.70 Å². The van der Waals surface area contributed by atoms with E-state index in [1.807, 2.05) is 0 Å². The molecule has 0 spiro atoms. The first kappa shape index (κ1) is 12.1. The van der Waals surface area contributed by atoms with Crippen molar-refractivity contribution in [1.29, 1.82) is 0 Å². The Morgan fingerprint density at radius 1 is 1.57 bits per heavy atom. The van der Waals surface area contributed by atoms with Crippen molar-refractivity contribution in [1.82, 2.24) is 5.32 Å². The van der Waals surface area contributed by atoms with Gasteiger partial charge in [-0.3, -0.25) is 4.79 Å². The van der Waals surface area contributed by atoms with Gasteiger partial charge in [0.1, 0.15) is 0 Å². The van der Waals surface area contributed by atoms with E-state index >= 15 is 0 Å². The van der Waals surface area contributed by atoms with E-state index in [4.69, 9.17) is 39.5 Å². The number of nitrogens with one attached hydrogen (secondary N) is 1. The number of halogens is 3. The van der Waals surface area contributed by atoms with Crippen molar-refractivity contribution < 1.29 is 9.53 Å². The summed E-state index contributed by atoms with van der Waals surface area (Å²) in [5, 5.41) is 2.59. The van der Waals surface area contributed by atoms with Crippen LogP contribution in [0.4, 0.5) is 0 Å². The molecule has 1 aliphatic rings. The zero-order valence-corrected chi connectivity index (χ0v) is 9.62. The molecule has 14 heavy (non-hydrogen) atoms. The number of hydrogen-bond acceptors (Lipinski definition) is 2. The predicted molar refractivity (Wildman–Crippen MR) is 56.8 cm³/mol. The van der Waals surface area contributed by atoms with Crippen molar-refractivity contribution in [3.8, 4) is 0 Å². The summed E-state index contributed by atoms with van der Waals surface area (Å²) < 4.78 is 3.21. The summed E-state index contributed by atoms with van der Waals surface area (Å²) >= 11 is 16.2. The molecule has 0 aromatic rings. The Morgan fingerprint density at radius 2 is 2.21 bits per heavy atom. The summed E-state index contributed by atoms with van der Waals surface area (Å²) in [5.41, 5.74) is 0.791. The molecular formula is C8H10Cl3NO2. The van der Waals surface area contributed by atoms with Gasteiger partial charge in [0.2, 0.25) is 0 Å². The van der Waals surface area contributed by atoms with Crippen LogP contribution in [0.2, 0.25) is 0 Å². The van der Waals surface area contributed by atoms with Gasteiger partial charge < -0.3 is 10.1 Å². The Hall–Kier alpha value is 0.0400. The van der Waals surface area contributed by atoms with Crippen LogP contribution in [0.5, 0.6) is 0 Å². The molecule has 6 heteroatoms. The van der Waals surface area contributed by atoms with Crippen molar-refractivity contribution in [3.63, 3.8) is 0 Å². The number of hydrogen-bond donors (Lipinski definition) is 1. The molecule has 1 aliphatic heterocycles. The molecular weight excluding hydrogens is 248 g/mol. The topological polar surface area (TPSA) is 38.3 Å². The van der Waals surface area contributed by atoms with Gasteiger partial charge in [0.15, 0.2) is 0 Å². The second-order valence-electron chi connectivity index (χ2n) is 3.02. The smallest absolute Gasteiger partial charge is 0.272 e. The lowest BCUT2D eigenvalue weighted by Crippen LogP contribution is -2.45. The van der Waals surface area contributed by atoms with Crippen molar-refractivity contribution in [2.75, 3.05) is 13.2 Å². The number of carbonyl (C=O) groups excluding carboxylic acids is 1. The quantitative estimate of drug-likeness (QED) is 0.575. The summed E-state index contributed by atoms with van der Waals surface area (Å²) in [7, 11) is 0. The average molecular weight is 259 g/mol. The van der Waals surface area contributed by atoms with Crippen LogP contribution in [-0.4, -0.2) is 29.0 Å². The SMILES string of the molecule is C=C1COCCC1NC(=O)C(Cl)(Cl)Cl. The first-order valence-corrected chi connectivity index (χ1v) is 5.18. The molecule has 1 heterocycles. The Bertz CT molecular complexity index is 249. The van der Waals surface area contributed by atoms with Gasteiger partial charge in [-0.05, 0) is 12.0 Å². The molecule has 1 amide bonds. The minimum Gasteiger partial charge on any atom is -0.377 e. The fourth-order valence-corrected chi connectivity index (χ4v) is 1.29. The normalized spacial score (nSPS) is 23.4. The van der Waals surface area contributed by atoms with Crippen molar-refractivity contribution in [2.45, 2.75) is 16.3 Å². The maximum atomic E-state index is 11.3. The lowest BCUT2D eigenvalue weighted by atomic mass is 10.0. The summed E-state index contributed by atoms with van der Waals surface area (Å²) in [4.78, 5) is 11.3. The average Bonchev–Trinajstić information content (AvgIpc) is 2.07. The monoisotopic (exact) mass is 257 g/mol. The van der Waals surface area contributed by atoms with Crippen LogP contribution >= 0.6 is 34.8 Å². The van der Waals surface area contributed by atoms with Crippen molar-refractivity contribution >= 4 is 40.7 Å². The van der Waals surface area contributed by atoms with Crippen LogP contribution in [-0.2, 0) is 9.53 Å². The van der Waals surface area contributed by atoms with Gasteiger partial charge in [-0.2, -0.15) is 0 Å². The van der Waals surface area contributed by atoms with E-state index in [1.165, 1.54) is 0 Å². The number of rotatable bonds is 1. The Labute approximate surface area is 97.3 Å². The second-order valence-corrected chi connectivity index (χ2v) is 5.30. The van der Waals surface area contributed by atoms with Gasteiger partial charge in [0, 0.05) is 6.61 Å². The summed E-state index contributed by atoms with van der Waals surface area (Å²) in [5.74, 6) is -0.629. The fraction of sp³-hybridized carbons (Fsp3) is 0.625. The molecule has 1 fully saturated rings. The van der Waals surface area contributed by atoms with E-state index in [0.29, 0.717) is 19.6 Å². The zero-order valence-electron chi connectivity index (χ0n) is 7.36. The molecule has 80 valence electrons. The van der Waals surface area contributed by atoms with Crippen LogP contribution in [0.1, 0.15) is 6.42 Å². The Balaban J connectivity index is 2.51. The maximum absolute atomic E-state index is 11.3. The third-order valence-electron chi connectivity index (χ3n) is 1.89. The molecule has 1 unspecified atom stereocenters. The van der Waals surface area contributed by atoms with Crippen molar-refractivity contribution in [2.24, 2.45) is 0 Å². The van der Waals surface area contributed by atoms with Gasteiger partial charge >= 0.3 is 0 Å². The predicted octanol–water partition coefficient (Wildman–Crippen LogP) is 1.82. The maximum Gasteiger partial charge on any atom is 0.272 e. The van der Waals surface area contributed by atoms with E-state index in [1.54, 1.807) is 0 Å². The summed E-state index contributed by atoms with van der Waals surface area (Å²) in [6.45, 7) is 4.77. The van der Waals surface area contributed by atoms with Gasteiger partial charge in [-0.25, -0.2) is 0 Å². The molecule has 0 aromatic heterocycles.